The predicted molar refractivity (Wildman–Crippen MR) is 98.5 cm³/mol. The number of hydrogen-bond donors (Lipinski definition) is 1. The Bertz CT molecular complexity index is 972. The SMILES string of the molecule is O=C(c1ccco1)N1CCN(c2ccnc(Nc3ccc(F)cc3F)n2)CC1. The molecule has 0 aliphatic carbocycles. The molecule has 4 rings (SSSR count). The zero-order valence-corrected chi connectivity index (χ0v) is 14.8. The number of amides is 1. The Morgan fingerprint density at radius 1 is 1.11 bits per heavy atom. The largest absolute Gasteiger partial charge is 0.459 e. The van der Waals surface area contributed by atoms with Crippen LogP contribution in [0.3, 0.4) is 0 Å². The molecule has 1 aliphatic heterocycles. The molecule has 144 valence electrons. The predicted octanol–water partition coefficient (Wildman–Crippen LogP) is 3.05. The number of aromatic nitrogens is 2. The van der Waals surface area contributed by atoms with Crippen LogP contribution in [0.25, 0.3) is 0 Å². The van der Waals surface area contributed by atoms with Gasteiger partial charge in [-0.1, -0.05) is 0 Å². The lowest BCUT2D eigenvalue weighted by molar-refractivity contribution is 0.0714. The van der Waals surface area contributed by atoms with Gasteiger partial charge in [0, 0.05) is 38.4 Å². The first-order chi connectivity index (χ1) is 13.6. The molecule has 3 heterocycles. The van der Waals surface area contributed by atoms with Gasteiger partial charge in [-0.2, -0.15) is 4.98 Å². The summed E-state index contributed by atoms with van der Waals surface area (Å²) in [5.41, 5.74) is 0.0902. The molecule has 1 fully saturated rings. The van der Waals surface area contributed by atoms with E-state index < -0.39 is 11.6 Å². The standard InChI is InChI=1S/C19H17F2N5O2/c20-13-3-4-15(14(21)12-13)23-19-22-6-5-17(24-19)25-7-9-26(10-8-25)18(27)16-2-1-11-28-16/h1-6,11-12H,7-10H2,(H,22,23,24). The molecule has 7 nitrogen and oxygen atoms in total. The molecule has 0 radical (unpaired) electrons. The second-order valence-corrected chi connectivity index (χ2v) is 6.24. The van der Waals surface area contributed by atoms with Crippen molar-refractivity contribution in [2.45, 2.75) is 0 Å². The van der Waals surface area contributed by atoms with Crippen molar-refractivity contribution in [2.75, 3.05) is 36.4 Å². The molecule has 1 aliphatic rings. The lowest BCUT2D eigenvalue weighted by Gasteiger charge is -2.35. The fourth-order valence-electron chi connectivity index (χ4n) is 2.99. The van der Waals surface area contributed by atoms with Crippen molar-refractivity contribution >= 4 is 23.4 Å². The van der Waals surface area contributed by atoms with Crippen LogP contribution in [0.5, 0.6) is 0 Å². The number of hydrogen-bond acceptors (Lipinski definition) is 6. The van der Waals surface area contributed by atoms with E-state index in [1.54, 1.807) is 29.3 Å². The number of furan rings is 1. The van der Waals surface area contributed by atoms with E-state index >= 15 is 0 Å². The van der Waals surface area contributed by atoms with Gasteiger partial charge in [-0.3, -0.25) is 4.79 Å². The van der Waals surface area contributed by atoms with Crippen molar-refractivity contribution in [3.8, 4) is 0 Å². The number of nitrogens with one attached hydrogen (secondary N) is 1. The summed E-state index contributed by atoms with van der Waals surface area (Å²) in [4.78, 5) is 24.6. The van der Waals surface area contributed by atoms with E-state index in [0.29, 0.717) is 37.8 Å². The second kappa shape index (κ2) is 7.63. The van der Waals surface area contributed by atoms with Gasteiger partial charge in [0.1, 0.15) is 17.5 Å². The summed E-state index contributed by atoms with van der Waals surface area (Å²) < 4.78 is 32.0. The van der Waals surface area contributed by atoms with Gasteiger partial charge in [0.25, 0.3) is 5.91 Å². The average Bonchev–Trinajstić information content (AvgIpc) is 3.25. The van der Waals surface area contributed by atoms with Gasteiger partial charge in [0.15, 0.2) is 5.76 Å². The summed E-state index contributed by atoms with van der Waals surface area (Å²) in [5, 5.41) is 2.76. The van der Waals surface area contributed by atoms with Gasteiger partial charge in [-0.15, -0.1) is 0 Å². The zero-order chi connectivity index (χ0) is 19.5. The van der Waals surface area contributed by atoms with Crippen molar-refractivity contribution in [1.82, 2.24) is 14.9 Å². The van der Waals surface area contributed by atoms with E-state index in [2.05, 4.69) is 15.3 Å². The summed E-state index contributed by atoms with van der Waals surface area (Å²) >= 11 is 0. The summed E-state index contributed by atoms with van der Waals surface area (Å²) in [5.74, 6) is -0.328. The third-order valence-electron chi connectivity index (χ3n) is 4.44. The van der Waals surface area contributed by atoms with Crippen LogP contribution < -0.4 is 10.2 Å². The van der Waals surface area contributed by atoms with E-state index in [9.17, 15) is 13.6 Å². The molecule has 1 amide bonds. The number of rotatable bonds is 4. The first-order valence-corrected chi connectivity index (χ1v) is 8.73. The Kier molecular flexibility index (Phi) is 4.88. The smallest absolute Gasteiger partial charge is 0.289 e. The zero-order valence-electron chi connectivity index (χ0n) is 14.8. The first kappa shape index (κ1) is 17.9. The maximum Gasteiger partial charge on any atom is 0.289 e. The van der Waals surface area contributed by atoms with Crippen molar-refractivity contribution < 1.29 is 18.0 Å². The fraction of sp³-hybridized carbons (Fsp3) is 0.211. The van der Waals surface area contributed by atoms with E-state index in [4.69, 9.17) is 4.42 Å². The number of carbonyl (C=O) groups excluding carboxylic acids is 1. The Hall–Kier alpha value is -3.49. The highest BCUT2D eigenvalue weighted by Gasteiger charge is 2.24. The molecule has 0 bridgehead atoms. The third-order valence-corrected chi connectivity index (χ3v) is 4.44. The third kappa shape index (κ3) is 3.78. The monoisotopic (exact) mass is 385 g/mol. The summed E-state index contributed by atoms with van der Waals surface area (Å²) in [6.45, 7) is 2.24. The maximum atomic E-state index is 13.8. The molecule has 0 saturated carbocycles. The lowest BCUT2D eigenvalue weighted by Crippen LogP contribution is -2.49. The topological polar surface area (TPSA) is 74.5 Å². The van der Waals surface area contributed by atoms with E-state index in [-0.39, 0.29) is 17.5 Å². The molecule has 28 heavy (non-hydrogen) atoms. The summed E-state index contributed by atoms with van der Waals surface area (Å²) in [6.07, 6.45) is 3.04. The van der Waals surface area contributed by atoms with Gasteiger partial charge >= 0.3 is 0 Å². The van der Waals surface area contributed by atoms with Crippen molar-refractivity contribution in [1.29, 1.82) is 0 Å². The Morgan fingerprint density at radius 2 is 1.93 bits per heavy atom. The number of anilines is 3. The van der Waals surface area contributed by atoms with Gasteiger partial charge in [-0.25, -0.2) is 13.8 Å². The van der Waals surface area contributed by atoms with Crippen LogP contribution in [-0.4, -0.2) is 47.0 Å². The van der Waals surface area contributed by atoms with E-state index in [0.717, 1.165) is 12.1 Å². The minimum atomic E-state index is -0.723. The summed E-state index contributed by atoms with van der Waals surface area (Å²) in [6, 6.07) is 8.32. The van der Waals surface area contributed by atoms with Crippen LogP contribution >= 0.6 is 0 Å². The van der Waals surface area contributed by atoms with Gasteiger partial charge in [-0.05, 0) is 30.3 Å². The Labute approximate surface area is 159 Å². The molecule has 2 aromatic heterocycles. The highest BCUT2D eigenvalue weighted by molar-refractivity contribution is 5.91. The van der Waals surface area contributed by atoms with E-state index in [1.807, 2.05) is 4.90 Å². The maximum absolute atomic E-state index is 13.8. The Morgan fingerprint density at radius 3 is 2.64 bits per heavy atom. The fourth-order valence-corrected chi connectivity index (χ4v) is 2.99. The van der Waals surface area contributed by atoms with Crippen molar-refractivity contribution in [3.05, 3.63) is 66.3 Å². The Balaban J connectivity index is 1.42. The molecular weight excluding hydrogens is 368 g/mol. The normalized spacial score (nSPS) is 14.2. The van der Waals surface area contributed by atoms with Crippen molar-refractivity contribution in [2.24, 2.45) is 0 Å². The first-order valence-electron chi connectivity index (χ1n) is 8.73. The number of nitrogens with zero attached hydrogens (tertiary/aromatic N) is 4. The molecule has 1 saturated heterocycles. The highest BCUT2D eigenvalue weighted by atomic mass is 19.1. The number of halogens is 2. The van der Waals surface area contributed by atoms with Crippen LogP contribution in [0.4, 0.5) is 26.2 Å². The number of benzene rings is 1. The number of carbonyl (C=O) groups is 1. The molecule has 0 spiro atoms. The molecule has 3 aromatic rings. The van der Waals surface area contributed by atoms with Crippen LogP contribution in [0, 0.1) is 11.6 Å². The number of piperazine rings is 1. The quantitative estimate of drug-likeness (QED) is 0.744. The van der Waals surface area contributed by atoms with Gasteiger partial charge < -0.3 is 19.5 Å². The average molecular weight is 385 g/mol. The molecule has 9 heteroatoms. The summed E-state index contributed by atoms with van der Waals surface area (Å²) in [7, 11) is 0. The lowest BCUT2D eigenvalue weighted by atomic mass is 10.3. The van der Waals surface area contributed by atoms with Crippen LogP contribution in [0.15, 0.2) is 53.3 Å². The molecule has 1 N–H and O–H groups in total. The van der Waals surface area contributed by atoms with Crippen LogP contribution in [0.1, 0.15) is 10.6 Å². The minimum Gasteiger partial charge on any atom is -0.459 e. The molecule has 0 atom stereocenters. The highest BCUT2D eigenvalue weighted by Crippen LogP contribution is 2.21. The molecular formula is C19H17F2N5O2. The van der Waals surface area contributed by atoms with Crippen LogP contribution in [-0.2, 0) is 0 Å². The molecule has 1 aromatic carbocycles. The van der Waals surface area contributed by atoms with E-state index in [1.165, 1.54) is 12.3 Å². The van der Waals surface area contributed by atoms with Gasteiger partial charge in [0.2, 0.25) is 5.95 Å². The van der Waals surface area contributed by atoms with Crippen molar-refractivity contribution in [3.63, 3.8) is 0 Å². The second-order valence-electron chi connectivity index (χ2n) is 6.24. The minimum absolute atomic E-state index is 0.0902. The van der Waals surface area contributed by atoms with Gasteiger partial charge in [0.05, 0.1) is 12.0 Å². The molecule has 0 unspecified atom stereocenters. The van der Waals surface area contributed by atoms with Crippen LogP contribution in [0.2, 0.25) is 0 Å².